The predicted octanol–water partition coefficient (Wildman–Crippen LogP) is -1.98. The van der Waals surface area contributed by atoms with E-state index in [9.17, 15) is 29.3 Å². The van der Waals surface area contributed by atoms with E-state index >= 15 is 0 Å². The Labute approximate surface area is 139 Å². The minimum absolute atomic E-state index is 0.529. The Kier molecular flexibility index (Phi) is 4.73. The van der Waals surface area contributed by atoms with Gasteiger partial charge >= 0.3 is 13.4 Å². The second kappa shape index (κ2) is 6.67. The van der Waals surface area contributed by atoms with Gasteiger partial charge in [0.1, 0.15) is 24.6 Å². The van der Waals surface area contributed by atoms with Crippen LogP contribution in [0, 0.1) is 0 Å². The number of aromatic amines is 1. The summed E-state index contributed by atoms with van der Waals surface area (Å²) in [7, 11) is -4.24. The maximum absolute atomic E-state index is 12.0. The Hall–Kier alpha value is -2.08. The van der Waals surface area contributed by atoms with Crippen molar-refractivity contribution in [2.24, 2.45) is 0 Å². The van der Waals surface area contributed by atoms with Crippen LogP contribution in [0.15, 0.2) is 40.6 Å². The van der Waals surface area contributed by atoms with Crippen LogP contribution >= 0.6 is 7.75 Å². The molecular formula is C12H15N4O8P. The van der Waals surface area contributed by atoms with Gasteiger partial charge in [0.2, 0.25) is 0 Å². The molecule has 13 heteroatoms. The van der Waals surface area contributed by atoms with Crippen molar-refractivity contribution in [2.45, 2.75) is 24.5 Å². The van der Waals surface area contributed by atoms with Gasteiger partial charge in [-0.3, -0.25) is 18.9 Å². The smallest absolute Gasteiger partial charge is 0.387 e. The molecule has 1 saturated heterocycles. The van der Waals surface area contributed by atoms with E-state index in [1.807, 2.05) is 4.98 Å². The Balaban J connectivity index is 1.73. The normalized spacial score (nSPS) is 28.8. The first-order chi connectivity index (χ1) is 11.8. The molecule has 2 unspecified atom stereocenters. The van der Waals surface area contributed by atoms with Crippen molar-refractivity contribution in [3.63, 3.8) is 0 Å². The molecule has 12 nitrogen and oxygen atoms in total. The van der Waals surface area contributed by atoms with Crippen molar-refractivity contribution in [2.75, 3.05) is 6.61 Å². The van der Waals surface area contributed by atoms with Crippen molar-refractivity contribution in [3.8, 4) is 0 Å². The van der Waals surface area contributed by atoms with Crippen molar-refractivity contribution < 1.29 is 28.9 Å². The highest BCUT2D eigenvalue weighted by atomic mass is 31.2. The summed E-state index contributed by atoms with van der Waals surface area (Å²) in [5.74, 6) is 0. The minimum atomic E-state index is -4.24. The SMILES string of the molecule is O=c1ccn([C@@H]2O[C@H](COP(=O)(O)n3ccnc3)[C@H](O)C2O)c(=O)[nH]1. The Morgan fingerprint density at radius 2 is 2.08 bits per heavy atom. The van der Waals surface area contributed by atoms with Crippen molar-refractivity contribution in [1.29, 1.82) is 0 Å². The van der Waals surface area contributed by atoms with Crippen molar-refractivity contribution in [1.82, 2.24) is 18.9 Å². The van der Waals surface area contributed by atoms with Gasteiger partial charge in [0.25, 0.3) is 5.56 Å². The van der Waals surface area contributed by atoms with Crippen LogP contribution in [-0.4, -0.2) is 58.9 Å². The Bertz CT molecular complexity index is 893. The first kappa shape index (κ1) is 17.7. The minimum Gasteiger partial charge on any atom is -0.387 e. The summed E-state index contributed by atoms with van der Waals surface area (Å²) in [6.07, 6.45) is -0.755. The number of nitrogens with zero attached hydrogens (tertiary/aromatic N) is 3. The van der Waals surface area contributed by atoms with Crippen LogP contribution in [0.5, 0.6) is 0 Å². The molecule has 1 fully saturated rings. The molecular weight excluding hydrogens is 359 g/mol. The summed E-state index contributed by atoms with van der Waals surface area (Å²) in [6, 6.07) is 1.05. The summed E-state index contributed by atoms with van der Waals surface area (Å²) in [4.78, 5) is 38.3. The second-order valence-corrected chi connectivity index (χ2v) is 6.99. The van der Waals surface area contributed by atoms with Crippen molar-refractivity contribution in [3.05, 3.63) is 51.8 Å². The van der Waals surface area contributed by atoms with E-state index in [1.54, 1.807) is 0 Å². The number of nitrogens with one attached hydrogen (secondary N) is 1. The fourth-order valence-corrected chi connectivity index (χ4v) is 3.26. The first-order valence-corrected chi connectivity index (χ1v) is 8.62. The van der Waals surface area contributed by atoms with Crippen LogP contribution in [0.25, 0.3) is 0 Å². The standard InChI is InChI=1S/C12H15N4O8P/c17-8-1-3-16(12(20)14-8)11-10(19)9(18)7(24-11)5-23-25(21,22)15-4-2-13-6-15/h1-4,6-7,9-11,18-19H,5H2,(H,21,22)(H,14,17,20)/t7-,9+,10?,11-/m1/s1. The average molecular weight is 374 g/mol. The fourth-order valence-electron chi connectivity index (χ4n) is 2.36. The lowest BCUT2D eigenvalue weighted by Crippen LogP contribution is -2.37. The van der Waals surface area contributed by atoms with Crippen LogP contribution in [0.2, 0.25) is 0 Å². The van der Waals surface area contributed by atoms with E-state index in [4.69, 9.17) is 9.26 Å². The summed E-state index contributed by atoms with van der Waals surface area (Å²) in [5, 5.41) is 20.1. The monoisotopic (exact) mass is 374 g/mol. The van der Waals surface area contributed by atoms with Crippen LogP contribution in [-0.2, 0) is 13.8 Å². The fraction of sp³-hybridized carbons (Fsp3) is 0.417. The molecule has 2 aromatic rings. The molecule has 0 bridgehead atoms. The van der Waals surface area contributed by atoms with E-state index in [0.29, 0.717) is 0 Å². The molecule has 0 amide bonds. The summed E-state index contributed by atoms with van der Waals surface area (Å²) < 4.78 is 24.0. The maximum Gasteiger partial charge on any atom is 0.437 e. The summed E-state index contributed by atoms with van der Waals surface area (Å²) in [6.45, 7) is -0.529. The molecule has 0 radical (unpaired) electrons. The lowest BCUT2D eigenvalue weighted by Gasteiger charge is -2.18. The van der Waals surface area contributed by atoms with Gasteiger partial charge in [-0.05, 0) is 0 Å². The molecule has 3 rings (SSSR count). The van der Waals surface area contributed by atoms with Gasteiger partial charge < -0.3 is 19.8 Å². The largest absolute Gasteiger partial charge is 0.437 e. The van der Waals surface area contributed by atoms with Gasteiger partial charge in [-0.1, -0.05) is 0 Å². The highest BCUT2D eigenvalue weighted by molar-refractivity contribution is 7.51. The number of aliphatic hydroxyl groups is 2. The van der Waals surface area contributed by atoms with Crippen molar-refractivity contribution >= 4 is 7.75 Å². The first-order valence-electron chi connectivity index (χ1n) is 7.09. The van der Waals surface area contributed by atoms with Gasteiger partial charge in [0.15, 0.2) is 6.23 Å². The number of rotatable bonds is 5. The number of hydrogen-bond donors (Lipinski definition) is 4. The van der Waals surface area contributed by atoms with Crippen LogP contribution in [0.1, 0.15) is 6.23 Å². The summed E-state index contributed by atoms with van der Waals surface area (Å²) >= 11 is 0. The Morgan fingerprint density at radius 1 is 1.32 bits per heavy atom. The van der Waals surface area contributed by atoms with Crippen LogP contribution in [0.3, 0.4) is 0 Å². The third-order valence-corrected chi connectivity index (χ3v) is 4.96. The second-order valence-electron chi connectivity index (χ2n) is 5.29. The average Bonchev–Trinajstić information content (AvgIpc) is 3.18. The zero-order valence-corrected chi connectivity index (χ0v) is 13.5. The van der Waals surface area contributed by atoms with Gasteiger partial charge in [0, 0.05) is 24.7 Å². The number of aromatic nitrogens is 4. The van der Waals surface area contributed by atoms with E-state index in [0.717, 1.165) is 27.5 Å². The molecule has 0 spiro atoms. The maximum atomic E-state index is 12.0. The molecule has 3 heterocycles. The van der Waals surface area contributed by atoms with Crippen LogP contribution < -0.4 is 11.2 Å². The zero-order valence-electron chi connectivity index (χ0n) is 12.6. The topological polar surface area (TPSA) is 169 Å². The number of imidazole rings is 1. The summed E-state index contributed by atoms with van der Waals surface area (Å²) in [5.41, 5.74) is -1.47. The third-order valence-electron chi connectivity index (χ3n) is 3.65. The van der Waals surface area contributed by atoms with Crippen LogP contribution in [0.4, 0.5) is 0 Å². The number of ether oxygens (including phenoxy) is 1. The molecule has 5 atom stereocenters. The Morgan fingerprint density at radius 3 is 2.72 bits per heavy atom. The van der Waals surface area contributed by atoms with Gasteiger partial charge in [-0.25, -0.2) is 18.7 Å². The van der Waals surface area contributed by atoms with E-state index in [1.165, 1.54) is 12.4 Å². The van der Waals surface area contributed by atoms with Gasteiger partial charge in [0.05, 0.1) is 6.61 Å². The molecule has 1 aliphatic heterocycles. The molecule has 4 N–H and O–H groups in total. The number of hydrogen-bond acceptors (Lipinski definition) is 8. The predicted molar refractivity (Wildman–Crippen MR) is 80.6 cm³/mol. The lowest BCUT2D eigenvalue weighted by molar-refractivity contribution is -0.0527. The molecule has 25 heavy (non-hydrogen) atoms. The molecule has 2 aromatic heterocycles. The third kappa shape index (κ3) is 3.49. The molecule has 0 saturated carbocycles. The molecule has 0 aromatic carbocycles. The quantitative estimate of drug-likeness (QED) is 0.433. The van der Waals surface area contributed by atoms with E-state index in [2.05, 4.69) is 4.98 Å². The van der Waals surface area contributed by atoms with Gasteiger partial charge in [-0.2, -0.15) is 0 Å². The number of aliphatic hydroxyl groups excluding tert-OH is 2. The number of H-pyrrole nitrogens is 1. The van der Waals surface area contributed by atoms with E-state index < -0.39 is 50.1 Å². The highest BCUT2D eigenvalue weighted by Crippen LogP contribution is 2.44. The molecule has 1 aliphatic rings. The molecule has 136 valence electrons. The lowest BCUT2D eigenvalue weighted by atomic mass is 10.1. The van der Waals surface area contributed by atoms with Gasteiger partial charge in [-0.15, -0.1) is 0 Å². The molecule has 0 aliphatic carbocycles. The highest BCUT2D eigenvalue weighted by Gasteiger charge is 2.45. The zero-order chi connectivity index (χ0) is 18.2. The van der Waals surface area contributed by atoms with E-state index in [-0.39, 0.29) is 0 Å².